The van der Waals surface area contributed by atoms with Crippen LogP contribution in [-0.4, -0.2) is 67.5 Å². The van der Waals surface area contributed by atoms with E-state index in [0.29, 0.717) is 23.6 Å². The van der Waals surface area contributed by atoms with Crippen LogP contribution in [0.4, 0.5) is 15.0 Å². The Morgan fingerprint density at radius 3 is 2.81 bits per heavy atom. The van der Waals surface area contributed by atoms with E-state index >= 15 is 0 Å². The minimum Gasteiger partial charge on any atom is -0.486 e. The zero-order chi connectivity index (χ0) is 25.2. The van der Waals surface area contributed by atoms with Gasteiger partial charge in [-0.1, -0.05) is 6.07 Å². The predicted octanol–water partition coefficient (Wildman–Crippen LogP) is 2.95. The van der Waals surface area contributed by atoms with E-state index in [4.69, 9.17) is 9.84 Å². The first kappa shape index (κ1) is 23.2. The number of nitrogens with one attached hydrogen (secondary N) is 2. The molecule has 3 aromatic rings. The second kappa shape index (κ2) is 9.61. The number of carbonyl (C=O) groups is 2. The summed E-state index contributed by atoms with van der Waals surface area (Å²) in [6, 6.07) is 10.5. The number of ether oxygens (including phenoxy) is 1. The van der Waals surface area contributed by atoms with Gasteiger partial charge in [-0.25, -0.2) is 19.2 Å². The summed E-state index contributed by atoms with van der Waals surface area (Å²) in [7, 11) is 0. The largest absolute Gasteiger partial charge is 0.486 e. The van der Waals surface area contributed by atoms with E-state index in [1.807, 2.05) is 0 Å². The summed E-state index contributed by atoms with van der Waals surface area (Å²) in [4.78, 5) is 33.0. The first-order valence-electron chi connectivity index (χ1n) is 11.4. The number of amides is 2. The quantitative estimate of drug-likeness (QED) is 0.475. The third-order valence-corrected chi connectivity index (χ3v) is 6.37. The van der Waals surface area contributed by atoms with Crippen molar-refractivity contribution in [3.8, 4) is 22.9 Å². The summed E-state index contributed by atoms with van der Waals surface area (Å²) >= 11 is 0. The second-order valence-electron chi connectivity index (χ2n) is 8.74. The van der Waals surface area contributed by atoms with Crippen molar-refractivity contribution in [2.45, 2.75) is 31.0 Å². The van der Waals surface area contributed by atoms with Crippen LogP contribution in [-0.2, 0) is 4.79 Å². The minimum absolute atomic E-state index is 0.00885. The van der Waals surface area contributed by atoms with Crippen LogP contribution in [0.1, 0.15) is 30.1 Å². The number of benzene rings is 1. The average molecular weight is 491 g/mol. The maximum atomic E-state index is 14.5. The SMILES string of the molecule is N#Cc1cc(-c2ccnc(NC(=O)C3CC3c3nc[nH]n3)c2)ccc1O[C@H]1CCN(C(=O)O)C[C@H]1F. The summed E-state index contributed by atoms with van der Waals surface area (Å²) < 4.78 is 20.2. The fourth-order valence-corrected chi connectivity index (χ4v) is 4.32. The number of halogens is 1. The molecule has 2 aliphatic rings. The number of nitrogens with zero attached hydrogens (tertiary/aromatic N) is 5. The van der Waals surface area contributed by atoms with E-state index in [9.17, 15) is 19.2 Å². The van der Waals surface area contributed by atoms with Crippen LogP contribution in [0.2, 0.25) is 0 Å². The molecule has 0 spiro atoms. The zero-order valence-corrected chi connectivity index (χ0v) is 19.0. The number of pyridine rings is 1. The van der Waals surface area contributed by atoms with Crippen molar-refractivity contribution >= 4 is 17.8 Å². The van der Waals surface area contributed by atoms with Gasteiger partial charge in [-0.3, -0.25) is 9.89 Å². The van der Waals surface area contributed by atoms with Gasteiger partial charge in [0.1, 0.15) is 30.1 Å². The normalized spacial score (nSPS) is 22.9. The molecular formula is C24H22FN7O4. The Labute approximate surface area is 204 Å². The van der Waals surface area contributed by atoms with E-state index < -0.39 is 18.4 Å². The summed E-state index contributed by atoms with van der Waals surface area (Å²) in [5.41, 5.74) is 1.64. The molecular weight excluding hydrogens is 469 g/mol. The van der Waals surface area contributed by atoms with E-state index in [1.54, 1.807) is 36.5 Å². The van der Waals surface area contributed by atoms with Crippen LogP contribution >= 0.6 is 0 Å². The van der Waals surface area contributed by atoms with Gasteiger partial charge in [-0.15, -0.1) is 0 Å². The molecule has 1 aromatic carbocycles. The predicted molar refractivity (Wildman–Crippen MR) is 124 cm³/mol. The number of rotatable bonds is 6. The molecule has 1 saturated carbocycles. The Kier molecular flexibility index (Phi) is 6.20. The highest BCUT2D eigenvalue weighted by Gasteiger charge is 2.46. The third-order valence-electron chi connectivity index (χ3n) is 6.37. The van der Waals surface area contributed by atoms with Crippen LogP contribution < -0.4 is 10.1 Å². The first-order valence-corrected chi connectivity index (χ1v) is 11.4. The molecule has 3 heterocycles. The van der Waals surface area contributed by atoms with Crippen LogP contribution in [0.15, 0.2) is 42.9 Å². The number of hydrogen-bond donors (Lipinski definition) is 3. The van der Waals surface area contributed by atoms with Crippen molar-refractivity contribution in [2.24, 2.45) is 5.92 Å². The Morgan fingerprint density at radius 1 is 1.25 bits per heavy atom. The van der Waals surface area contributed by atoms with Crippen LogP contribution in [0.5, 0.6) is 5.75 Å². The van der Waals surface area contributed by atoms with E-state index in [1.165, 1.54) is 6.33 Å². The number of alkyl halides is 1. The van der Waals surface area contributed by atoms with Crippen LogP contribution in [0.25, 0.3) is 11.1 Å². The third kappa shape index (κ3) is 4.81. The Hall–Kier alpha value is -4.53. The highest BCUT2D eigenvalue weighted by Crippen LogP contribution is 2.46. The summed E-state index contributed by atoms with van der Waals surface area (Å²) in [6.07, 6.45) is 0.392. The molecule has 3 N–H and O–H groups in total. The number of carboxylic acid groups (broad SMARTS) is 1. The van der Waals surface area contributed by atoms with Crippen molar-refractivity contribution in [1.29, 1.82) is 5.26 Å². The first-order chi connectivity index (χ1) is 17.4. The van der Waals surface area contributed by atoms with Crippen molar-refractivity contribution in [3.63, 3.8) is 0 Å². The zero-order valence-electron chi connectivity index (χ0n) is 19.0. The molecule has 2 aromatic heterocycles. The monoisotopic (exact) mass is 491 g/mol. The molecule has 11 nitrogen and oxygen atoms in total. The highest BCUT2D eigenvalue weighted by molar-refractivity contribution is 5.94. The number of aromatic nitrogens is 4. The lowest BCUT2D eigenvalue weighted by molar-refractivity contribution is -0.117. The molecule has 2 unspecified atom stereocenters. The fraction of sp³-hybridized carbons (Fsp3) is 0.333. The number of carbonyl (C=O) groups excluding carboxylic acids is 1. The van der Waals surface area contributed by atoms with Gasteiger partial charge < -0.3 is 20.1 Å². The topological polar surface area (TPSA) is 157 Å². The standard InChI is InChI=1S/C24H22FN7O4/c25-18-11-32(24(34)35)6-4-20(18)36-19-2-1-13(7-15(19)10-26)14-3-5-27-21(8-14)30-23(33)17-9-16(17)22-28-12-29-31-22/h1-3,5,7-8,12,16-18,20H,4,6,9,11H2,(H,34,35)(H,27,30,33)(H,28,29,31)/t16?,17?,18-,20+/m1/s1. The number of aromatic amines is 1. The molecule has 12 heteroatoms. The maximum Gasteiger partial charge on any atom is 0.407 e. The van der Waals surface area contributed by atoms with Crippen molar-refractivity contribution < 1.29 is 23.8 Å². The van der Waals surface area contributed by atoms with E-state index in [2.05, 4.69) is 31.6 Å². The minimum atomic E-state index is -1.50. The van der Waals surface area contributed by atoms with Crippen molar-refractivity contribution in [3.05, 3.63) is 54.2 Å². The molecule has 5 rings (SSSR count). The number of nitriles is 1. The lowest BCUT2D eigenvalue weighted by Crippen LogP contribution is -2.48. The van der Waals surface area contributed by atoms with Gasteiger partial charge >= 0.3 is 6.09 Å². The van der Waals surface area contributed by atoms with Crippen LogP contribution in [0.3, 0.4) is 0 Å². The summed E-state index contributed by atoms with van der Waals surface area (Å²) in [5.74, 6) is 0.842. The lowest BCUT2D eigenvalue weighted by atomic mass is 10.0. The average Bonchev–Trinajstić information content (AvgIpc) is 3.50. The molecule has 1 aliphatic heterocycles. The number of piperidine rings is 1. The van der Waals surface area contributed by atoms with Crippen LogP contribution in [0, 0.1) is 17.2 Å². The van der Waals surface area contributed by atoms with Gasteiger partial charge in [-0.2, -0.15) is 10.4 Å². The molecule has 2 amide bonds. The molecule has 2 fully saturated rings. The summed E-state index contributed by atoms with van der Waals surface area (Å²) in [6.45, 7) is -0.114. The molecule has 1 aliphatic carbocycles. The van der Waals surface area contributed by atoms with Gasteiger partial charge in [-0.05, 0) is 41.8 Å². The number of anilines is 1. The number of hydrogen-bond acceptors (Lipinski definition) is 7. The van der Waals surface area contributed by atoms with Gasteiger partial charge in [0.25, 0.3) is 0 Å². The fourth-order valence-electron chi connectivity index (χ4n) is 4.32. The summed E-state index contributed by atoms with van der Waals surface area (Å²) in [5, 5.41) is 28.2. The molecule has 1 saturated heterocycles. The van der Waals surface area contributed by atoms with Gasteiger partial charge in [0.15, 0.2) is 12.0 Å². The van der Waals surface area contributed by atoms with Gasteiger partial charge in [0.05, 0.1) is 12.1 Å². The van der Waals surface area contributed by atoms with E-state index in [0.717, 1.165) is 10.5 Å². The van der Waals surface area contributed by atoms with E-state index in [-0.39, 0.29) is 48.6 Å². The van der Waals surface area contributed by atoms with Gasteiger partial charge in [0.2, 0.25) is 5.91 Å². The Bertz CT molecular complexity index is 1330. The molecule has 0 radical (unpaired) electrons. The Morgan fingerprint density at radius 2 is 2.08 bits per heavy atom. The number of H-pyrrole nitrogens is 1. The molecule has 36 heavy (non-hydrogen) atoms. The second-order valence-corrected chi connectivity index (χ2v) is 8.74. The molecule has 184 valence electrons. The number of likely N-dealkylation sites (tertiary alicyclic amines) is 1. The Balaban J connectivity index is 1.26. The lowest BCUT2D eigenvalue weighted by Gasteiger charge is -2.33. The van der Waals surface area contributed by atoms with Gasteiger partial charge in [0, 0.05) is 31.0 Å². The smallest absolute Gasteiger partial charge is 0.407 e. The molecule has 4 atom stereocenters. The maximum absolute atomic E-state index is 14.5. The highest BCUT2D eigenvalue weighted by atomic mass is 19.1. The van der Waals surface area contributed by atoms with Crippen molar-refractivity contribution in [2.75, 3.05) is 18.4 Å². The van der Waals surface area contributed by atoms with Crippen molar-refractivity contribution in [1.82, 2.24) is 25.1 Å². The molecule has 0 bridgehead atoms.